The molecule has 11 aromatic rings. The fraction of sp³-hybridized carbons (Fsp3) is 0.377. The van der Waals surface area contributed by atoms with Crippen molar-refractivity contribution in [3.05, 3.63) is 145 Å². The SMILES string of the molecule is C.CC(=O)OCCN(C)c1nc2c(N)nc3ccccc3c2n1CC(C)C.CC(C)Cn1c(N(C)CCO)nc2c(N)nc3ccccc3c21.COCCN(C)c1nc2c(N(Cc3ccccc3)Cc3ccccc3)nc3ccccc3c2n1CC(C)C. The van der Waals surface area contributed by atoms with Crippen LogP contribution in [0.4, 0.5) is 35.3 Å². The Hall–Kier alpha value is -9.07. The van der Waals surface area contributed by atoms with E-state index in [1.165, 1.54) is 18.1 Å². The Balaban J connectivity index is 0.000000177. The smallest absolute Gasteiger partial charge is 0.302 e. The highest BCUT2D eigenvalue weighted by Gasteiger charge is 2.26. The molecule has 0 unspecified atom stereocenters. The number of aliphatic hydroxyl groups is 1. The Morgan fingerprint density at radius 2 is 0.852 bits per heavy atom. The number of fused-ring (bicyclic) bond motifs is 9. The summed E-state index contributed by atoms with van der Waals surface area (Å²) in [5, 5.41) is 12.5. The maximum absolute atomic E-state index is 11.0. The van der Waals surface area contributed by atoms with Crippen molar-refractivity contribution in [1.29, 1.82) is 0 Å². The third-order valence-electron chi connectivity index (χ3n) is 14.9. The number of benzene rings is 5. The van der Waals surface area contributed by atoms with Crippen molar-refractivity contribution in [2.24, 2.45) is 17.8 Å². The molecule has 6 heterocycles. The zero-order chi connectivity index (χ0) is 61.9. The number of nitrogens with two attached hydrogens (primary N) is 2. The Kier molecular flexibility index (Phi) is 21.8. The fourth-order valence-electron chi connectivity index (χ4n) is 11.0. The van der Waals surface area contributed by atoms with Gasteiger partial charge in [0.05, 0.1) is 52.9 Å². The summed E-state index contributed by atoms with van der Waals surface area (Å²) >= 11 is 0. The third-order valence-corrected chi connectivity index (χ3v) is 14.9. The van der Waals surface area contributed by atoms with Crippen LogP contribution in [0.5, 0.6) is 0 Å². The lowest BCUT2D eigenvalue weighted by atomic mass is 10.1. The van der Waals surface area contributed by atoms with Gasteiger partial charge in [-0.1, -0.05) is 164 Å². The molecule has 0 bridgehead atoms. The van der Waals surface area contributed by atoms with Gasteiger partial charge in [-0.3, -0.25) is 4.79 Å². The minimum Gasteiger partial charge on any atom is -0.464 e. The van der Waals surface area contributed by atoms with Gasteiger partial charge in [0.1, 0.15) is 23.2 Å². The molecule has 5 aromatic carbocycles. The topological polar surface area (TPSA) is 213 Å². The van der Waals surface area contributed by atoms with Gasteiger partial charge in [0.15, 0.2) is 17.5 Å². The monoisotopic (exact) mass is 1190 g/mol. The number of hydrogen-bond donors (Lipinski definition) is 3. The number of anilines is 6. The van der Waals surface area contributed by atoms with Gasteiger partial charge in [0.2, 0.25) is 17.8 Å². The minimum atomic E-state index is -0.284. The van der Waals surface area contributed by atoms with Crippen LogP contribution in [0.15, 0.2) is 133 Å². The molecule has 464 valence electrons. The van der Waals surface area contributed by atoms with Crippen LogP contribution < -0.4 is 31.1 Å². The number of nitrogen functional groups attached to an aromatic ring is 2. The molecule has 0 atom stereocenters. The fourth-order valence-corrected chi connectivity index (χ4v) is 11.0. The first-order valence-electron chi connectivity index (χ1n) is 30.0. The molecule has 0 saturated heterocycles. The molecule has 11 rings (SSSR count). The molecule has 0 radical (unpaired) electrons. The highest BCUT2D eigenvalue weighted by atomic mass is 16.5. The van der Waals surface area contributed by atoms with Gasteiger partial charge in [0.25, 0.3) is 0 Å². The number of aliphatic hydroxyl groups excluding tert-OH is 1. The van der Waals surface area contributed by atoms with Crippen LogP contribution in [0.3, 0.4) is 0 Å². The number of carbonyl (C=O) groups excluding carboxylic acids is 1. The molecule has 0 amide bonds. The zero-order valence-corrected chi connectivity index (χ0v) is 52.4. The number of esters is 1. The van der Waals surface area contributed by atoms with Crippen molar-refractivity contribution < 1.29 is 19.4 Å². The quantitative estimate of drug-likeness (QED) is 0.0538. The number of para-hydroxylation sites is 3. The van der Waals surface area contributed by atoms with Crippen molar-refractivity contribution in [3.8, 4) is 0 Å². The second-order valence-electron chi connectivity index (χ2n) is 23.5. The van der Waals surface area contributed by atoms with Crippen LogP contribution in [-0.2, 0) is 47.0 Å². The largest absolute Gasteiger partial charge is 0.464 e. The summed E-state index contributed by atoms with van der Waals surface area (Å²) in [6.07, 6.45) is 0. The molecule has 0 spiro atoms. The number of hydrogen-bond acceptors (Lipinski definition) is 16. The van der Waals surface area contributed by atoms with Crippen LogP contribution in [-0.4, -0.2) is 122 Å². The molecule has 19 nitrogen and oxygen atoms in total. The van der Waals surface area contributed by atoms with Gasteiger partial charge >= 0.3 is 5.97 Å². The van der Waals surface area contributed by atoms with Gasteiger partial charge < -0.3 is 59.3 Å². The lowest BCUT2D eigenvalue weighted by Crippen LogP contribution is -2.27. The molecule has 5 N–H and O–H groups in total. The number of rotatable bonds is 22. The van der Waals surface area contributed by atoms with Gasteiger partial charge in [-0.25, -0.2) is 29.9 Å². The van der Waals surface area contributed by atoms with Crippen LogP contribution in [0.2, 0.25) is 0 Å². The Morgan fingerprint density at radius 1 is 0.500 bits per heavy atom. The Morgan fingerprint density at radius 3 is 1.24 bits per heavy atom. The van der Waals surface area contributed by atoms with E-state index >= 15 is 0 Å². The second kappa shape index (κ2) is 29.6. The number of nitrogens with zero attached hydrogens (tertiary/aromatic N) is 13. The van der Waals surface area contributed by atoms with E-state index in [0.717, 1.165) is 123 Å². The first-order valence-corrected chi connectivity index (χ1v) is 30.0. The molecular formula is C69H89N15O4. The van der Waals surface area contributed by atoms with E-state index in [-0.39, 0.29) is 20.0 Å². The van der Waals surface area contributed by atoms with Crippen molar-refractivity contribution in [2.75, 3.05) is 98.8 Å². The van der Waals surface area contributed by atoms with Crippen molar-refractivity contribution >= 4 is 107 Å². The summed E-state index contributed by atoms with van der Waals surface area (Å²) in [4.78, 5) is 48.6. The van der Waals surface area contributed by atoms with Crippen LogP contribution >= 0.6 is 0 Å². The summed E-state index contributed by atoms with van der Waals surface area (Å²) in [6.45, 7) is 21.4. The van der Waals surface area contributed by atoms with E-state index in [1.54, 1.807) is 7.11 Å². The third kappa shape index (κ3) is 14.8. The highest BCUT2D eigenvalue weighted by molar-refractivity contribution is 6.09. The molecule has 19 heteroatoms. The van der Waals surface area contributed by atoms with Crippen LogP contribution in [0.25, 0.3) is 65.8 Å². The first kappa shape index (κ1) is 64.9. The zero-order valence-electron chi connectivity index (χ0n) is 52.4. The van der Waals surface area contributed by atoms with Crippen molar-refractivity contribution in [1.82, 2.24) is 43.6 Å². The summed E-state index contributed by atoms with van der Waals surface area (Å²) in [5.41, 5.74) is 23.1. The maximum atomic E-state index is 11.0. The standard InChI is InChI=1S/C32H37N5O.C19H25N5O2.C17H23N5O.CH4/c1-24(2)21-37-30-27-17-11-12-18-28(27)33-31(29(30)34-32(37)35(3)19-20-38-4)36(22-25-13-7-5-8-14-25)23-26-15-9-6-10-16-26;1-12(2)11-24-17-14-7-5-6-8-15(14)21-18(20)16(17)22-19(24)23(4)9-10-26-13(3)25;1-11(2)10-22-15-12-6-4-5-7-13(12)19-16(18)14(15)20-17(22)21(3)8-9-23;/h5-18,24H,19-23H2,1-4H3;5-8,12H,9-11H2,1-4H3,(H2,20,21);4-7,11,23H,8-10H2,1-3H3,(H2,18,19);1H4. The van der Waals surface area contributed by atoms with Gasteiger partial charge in [-0.2, -0.15) is 0 Å². The molecule has 0 fully saturated rings. The van der Waals surface area contributed by atoms with Crippen molar-refractivity contribution in [3.63, 3.8) is 0 Å². The van der Waals surface area contributed by atoms with Gasteiger partial charge in [0, 0.05) is 97.1 Å². The predicted molar refractivity (Wildman–Crippen MR) is 363 cm³/mol. The van der Waals surface area contributed by atoms with Crippen molar-refractivity contribution in [2.45, 2.75) is 88.6 Å². The van der Waals surface area contributed by atoms with Gasteiger partial charge in [-0.05, 0) is 47.1 Å². The van der Waals surface area contributed by atoms with E-state index < -0.39 is 0 Å². The number of imidazole rings is 3. The summed E-state index contributed by atoms with van der Waals surface area (Å²) in [6, 6.07) is 45.6. The molecule has 0 aliphatic heterocycles. The van der Waals surface area contributed by atoms with E-state index in [4.69, 9.17) is 40.9 Å². The average Bonchev–Trinajstić information content (AvgIpc) is 1.64. The highest BCUT2D eigenvalue weighted by Crippen LogP contribution is 2.38. The number of aromatic nitrogens is 9. The number of carbonyl (C=O) groups is 1. The molecule has 0 aliphatic rings. The lowest BCUT2D eigenvalue weighted by Gasteiger charge is -2.25. The lowest BCUT2D eigenvalue weighted by molar-refractivity contribution is -0.140. The number of ether oxygens (including phenoxy) is 2. The van der Waals surface area contributed by atoms with E-state index in [9.17, 15) is 9.90 Å². The first-order chi connectivity index (χ1) is 42.0. The second-order valence-corrected chi connectivity index (χ2v) is 23.5. The van der Waals surface area contributed by atoms with E-state index in [0.29, 0.717) is 61.2 Å². The molecule has 6 aromatic heterocycles. The number of methoxy groups -OCH3 is 1. The molecule has 88 heavy (non-hydrogen) atoms. The summed E-state index contributed by atoms with van der Waals surface area (Å²) < 4.78 is 17.2. The van der Waals surface area contributed by atoms with E-state index in [2.05, 4.69) is 173 Å². The minimum absolute atomic E-state index is 0. The summed E-state index contributed by atoms with van der Waals surface area (Å²) in [5.74, 6) is 5.41. The van der Waals surface area contributed by atoms with Gasteiger partial charge in [-0.15, -0.1) is 0 Å². The van der Waals surface area contributed by atoms with E-state index in [1.807, 2.05) is 66.4 Å². The molecule has 0 saturated carbocycles. The summed E-state index contributed by atoms with van der Waals surface area (Å²) in [7, 11) is 7.71. The van der Waals surface area contributed by atoms with Crippen LogP contribution in [0.1, 0.15) is 67.0 Å². The predicted octanol–water partition coefficient (Wildman–Crippen LogP) is 12.2. The normalized spacial score (nSPS) is 11.4. The Bertz CT molecular complexity index is 4040. The molecular weight excluding hydrogens is 1100 g/mol. The number of pyridine rings is 3. The average molecular weight is 1190 g/mol. The Labute approximate surface area is 517 Å². The molecule has 0 aliphatic carbocycles. The van der Waals surface area contributed by atoms with Crippen LogP contribution in [0, 0.1) is 17.8 Å². The number of likely N-dealkylation sites (N-methyl/N-ethyl adjacent to an activating group) is 3. The maximum Gasteiger partial charge on any atom is 0.302 e.